The number of benzene rings is 1. The molecule has 3 rings (SSSR count). The molecule has 1 N–H and O–H groups in total. The van der Waals surface area contributed by atoms with E-state index in [0.717, 1.165) is 17.9 Å². The Bertz CT molecular complexity index is 812. The van der Waals surface area contributed by atoms with Gasteiger partial charge in [0.2, 0.25) is 4.96 Å². The molecule has 21 heavy (non-hydrogen) atoms. The molecule has 0 aliphatic rings. The van der Waals surface area contributed by atoms with E-state index in [1.54, 1.807) is 5.51 Å². The van der Waals surface area contributed by atoms with Crippen LogP contribution in [0.15, 0.2) is 40.6 Å². The summed E-state index contributed by atoms with van der Waals surface area (Å²) in [7, 11) is 1.90. The van der Waals surface area contributed by atoms with Crippen molar-refractivity contribution < 1.29 is 4.74 Å². The topological polar surface area (TPSA) is 68.5 Å². The zero-order chi connectivity index (χ0) is 14.7. The first-order chi connectivity index (χ1) is 10.3. The van der Waals surface area contributed by atoms with Crippen LogP contribution in [-0.2, 0) is 13.2 Å². The summed E-state index contributed by atoms with van der Waals surface area (Å²) < 4.78 is 6.98. The van der Waals surface area contributed by atoms with E-state index in [0.29, 0.717) is 10.7 Å². The van der Waals surface area contributed by atoms with Gasteiger partial charge in [-0.2, -0.15) is 9.61 Å². The molecule has 0 amide bonds. The monoisotopic (exact) mass is 302 g/mol. The lowest BCUT2D eigenvalue weighted by molar-refractivity contribution is 0.301. The van der Waals surface area contributed by atoms with Gasteiger partial charge in [0.1, 0.15) is 17.9 Å². The molecule has 0 saturated heterocycles. The predicted molar refractivity (Wildman–Crippen MR) is 80.7 cm³/mol. The van der Waals surface area contributed by atoms with Crippen molar-refractivity contribution >= 4 is 16.3 Å². The summed E-state index contributed by atoms with van der Waals surface area (Å²) in [6.07, 6.45) is 0. The van der Waals surface area contributed by atoms with Crippen LogP contribution in [0, 0.1) is 0 Å². The molecule has 0 bridgehead atoms. The second-order valence-corrected chi connectivity index (χ2v) is 5.30. The Morgan fingerprint density at radius 3 is 3.14 bits per heavy atom. The maximum absolute atomic E-state index is 11.8. The average Bonchev–Trinajstić information content (AvgIpc) is 2.95. The third-order valence-electron chi connectivity index (χ3n) is 2.91. The Morgan fingerprint density at radius 1 is 1.38 bits per heavy atom. The van der Waals surface area contributed by atoms with Crippen LogP contribution >= 0.6 is 11.3 Å². The molecule has 7 heteroatoms. The zero-order valence-corrected chi connectivity index (χ0v) is 12.3. The van der Waals surface area contributed by atoms with Crippen LogP contribution in [0.2, 0.25) is 0 Å². The van der Waals surface area contributed by atoms with Crippen LogP contribution < -0.4 is 15.6 Å². The number of fused-ring (bicyclic) bond motifs is 1. The predicted octanol–water partition coefficient (Wildman–Crippen LogP) is 1.45. The van der Waals surface area contributed by atoms with Crippen molar-refractivity contribution in [3.8, 4) is 5.75 Å². The number of hydrogen-bond acceptors (Lipinski definition) is 6. The lowest BCUT2D eigenvalue weighted by Gasteiger charge is -2.07. The van der Waals surface area contributed by atoms with E-state index in [2.05, 4.69) is 15.4 Å². The lowest BCUT2D eigenvalue weighted by Crippen LogP contribution is -2.16. The molecule has 0 fully saturated rings. The molecule has 108 valence electrons. The molecule has 1 aromatic carbocycles. The first-order valence-electron chi connectivity index (χ1n) is 6.45. The first-order valence-corrected chi connectivity index (χ1v) is 7.33. The Morgan fingerprint density at radius 2 is 2.29 bits per heavy atom. The lowest BCUT2D eigenvalue weighted by atomic mass is 10.2. The highest BCUT2D eigenvalue weighted by molar-refractivity contribution is 7.14. The Kier molecular flexibility index (Phi) is 3.94. The van der Waals surface area contributed by atoms with E-state index in [1.165, 1.54) is 21.9 Å². The van der Waals surface area contributed by atoms with Crippen molar-refractivity contribution in [1.29, 1.82) is 0 Å². The van der Waals surface area contributed by atoms with Crippen molar-refractivity contribution in [2.24, 2.45) is 0 Å². The second-order valence-electron chi connectivity index (χ2n) is 4.49. The third-order valence-corrected chi connectivity index (χ3v) is 3.58. The summed E-state index contributed by atoms with van der Waals surface area (Å²) in [5.74, 6) is 0.758. The standard InChI is InChI=1S/C14H14N4O2S/c1-15-7-10-3-2-4-12(5-10)20-8-11-6-13(19)18-14(17-11)21-9-16-18/h2-6,9,15H,7-8H2,1H3. The molecule has 0 saturated carbocycles. The largest absolute Gasteiger partial charge is 0.487 e. The van der Waals surface area contributed by atoms with Gasteiger partial charge in [0.05, 0.1) is 5.69 Å². The minimum atomic E-state index is -0.191. The highest BCUT2D eigenvalue weighted by Gasteiger charge is 2.05. The number of nitrogens with zero attached hydrogens (tertiary/aromatic N) is 3. The van der Waals surface area contributed by atoms with E-state index >= 15 is 0 Å². The van der Waals surface area contributed by atoms with Gasteiger partial charge < -0.3 is 10.1 Å². The van der Waals surface area contributed by atoms with Gasteiger partial charge >= 0.3 is 0 Å². The molecule has 0 atom stereocenters. The van der Waals surface area contributed by atoms with Gasteiger partial charge in [-0.25, -0.2) is 4.98 Å². The Balaban J connectivity index is 1.76. The van der Waals surface area contributed by atoms with Gasteiger partial charge in [-0.3, -0.25) is 4.79 Å². The molecular weight excluding hydrogens is 288 g/mol. The van der Waals surface area contributed by atoms with Crippen molar-refractivity contribution in [1.82, 2.24) is 19.9 Å². The minimum Gasteiger partial charge on any atom is -0.487 e. The Hall–Kier alpha value is -2.25. The molecule has 6 nitrogen and oxygen atoms in total. The second kappa shape index (κ2) is 6.02. The number of rotatable bonds is 5. The van der Waals surface area contributed by atoms with Gasteiger partial charge in [0.25, 0.3) is 5.56 Å². The maximum Gasteiger partial charge on any atom is 0.275 e. The molecule has 2 aromatic heterocycles. The fraction of sp³-hybridized carbons (Fsp3) is 0.214. The van der Waals surface area contributed by atoms with Gasteiger partial charge in [0.15, 0.2) is 0 Å². The van der Waals surface area contributed by atoms with Crippen molar-refractivity contribution in [2.45, 2.75) is 13.2 Å². The van der Waals surface area contributed by atoms with Crippen LogP contribution in [0.4, 0.5) is 0 Å². The molecule has 0 spiro atoms. The summed E-state index contributed by atoms with van der Waals surface area (Å²) in [4.78, 5) is 16.7. The maximum atomic E-state index is 11.8. The quantitative estimate of drug-likeness (QED) is 0.772. The molecule has 0 aliphatic heterocycles. The summed E-state index contributed by atoms with van der Waals surface area (Å²) >= 11 is 1.32. The zero-order valence-electron chi connectivity index (χ0n) is 11.4. The highest BCUT2D eigenvalue weighted by Crippen LogP contribution is 2.15. The molecule has 3 aromatic rings. The highest BCUT2D eigenvalue weighted by atomic mass is 32.1. The van der Waals surface area contributed by atoms with Crippen LogP contribution in [0.3, 0.4) is 0 Å². The fourth-order valence-corrected chi connectivity index (χ4v) is 2.62. The van der Waals surface area contributed by atoms with Crippen molar-refractivity contribution in [3.63, 3.8) is 0 Å². The van der Waals surface area contributed by atoms with Crippen LogP contribution in [-0.4, -0.2) is 21.6 Å². The van der Waals surface area contributed by atoms with Crippen LogP contribution in [0.5, 0.6) is 5.75 Å². The third kappa shape index (κ3) is 3.09. The van der Waals surface area contributed by atoms with Gasteiger partial charge in [0, 0.05) is 12.6 Å². The SMILES string of the molecule is CNCc1cccc(OCc2cc(=O)n3ncsc3n2)c1. The summed E-state index contributed by atoms with van der Waals surface area (Å²) in [6, 6.07) is 9.27. The number of ether oxygens (including phenoxy) is 1. The smallest absolute Gasteiger partial charge is 0.275 e. The number of aromatic nitrogens is 3. The first kappa shape index (κ1) is 13.7. The number of hydrogen-bond donors (Lipinski definition) is 1. The van der Waals surface area contributed by atoms with Crippen LogP contribution in [0.25, 0.3) is 4.96 Å². The van der Waals surface area contributed by atoms with Gasteiger partial charge in [-0.05, 0) is 24.7 Å². The Labute approximate surface area is 125 Å². The average molecular weight is 302 g/mol. The van der Waals surface area contributed by atoms with Gasteiger partial charge in [-0.1, -0.05) is 23.5 Å². The van der Waals surface area contributed by atoms with Gasteiger partial charge in [-0.15, -0.1) is 0 Å². The summed E-state index contributed by atoms with van der Waals surface area (Å²) in [6.45, 7) is 1.04. The summed E-state index contributed by atoms with van der Waals surface area (Å²) in [5, 5.41) is 7.01. The minimum absolute atomic E-state index is 0.191. The van der Waals surface area contributed by atoms with E-state index < -0.39 is 0 Å². The van der Waals surface area contributed by atoms with Crippen molar-refractivity contribution in [3.05, 3.63) is 57.5 Å². The molecule has 2 heterocycles. The van der Waals surface area contributed by atoms with E-state index in [4.69, 9.17) is 4.74 Å². The van der Waals surface area contributed by atoms with E-state index in [1.807, 2.05) is 31.3 Å². The van der Waals surface area contributed by atoms with E-state index in [-0.39, 0.29) is 12.2 Å². The van der Waals surface area contributed by atoms with E-state index in [9.17, 15) is 4.79 Å². The number of nitrogens with one attached hydrogen (secondary N) is 1. The fourth-order valence-electron chi connectivity index (χ4n) is 1.98. The molecular formula is C14H14N4O2S. The summed E-state index contributed by atoms with van der Waals surface area (Å²) in [5.41, 5.74) is 3.14. The van der Waals surface area contributed by atoms with Crippen LogP contribution in [0.1, 0.15) is 11.3 Å². The molecule has 0 aliphatic carbocycles. The molecule has 0 unspecified atom stereocenters. The normalized spacial score (nSPS) is 10.9. The van der Waals surface area contributed by atoms with Crippen molar-refractivity contribution in [2.75, 3.05) is 7.05 Å². The molecule has 0 radical (unpaired) electrons.